The number of benzene rings is 1. The zero-order valence-corrected chi connectivity index (χ0v) is 12.3. The molecule has 0 heterocycles. The lowest BCUT2D eigenvalue weighted by Crippen LogP contribution is -2.49. The van der Waals surface area contributed by atoms with E-state index in [-0.39, 0.29) is 23.8 Å². The molecule has 0 bridgehead atoms. The Bertz CT molecular complexity index is 412. The molecule has 0 radical (unpaired) electrons. The van der Waals surface area contributed by atoms with Crippen molar-refractivity contribution in [1.82, 2.24) is 10.6 Å². The minimum Gasteiger partial charge on any atom is -0.382 e. The molecule has 0 aliphatic heterocycles. The van der Waals surface area contributed by atoms with Crippen LogP contribution in [0, 0.1) is 0 Å². The normalized spacial score (nSPS) is 11.7. The van der Waals surface area contributed by atoms with Crippen LogP contribution in [0.4, 0.5) is 0 Å². The van der Waals surface area contributed by atoms with Gasteiger partial charge in [0.25, 0.3) is 0 Å². The minimum absolute atomic E-state index is 0.138. The number of methoxy groups -OCH3 is 1. The maximum Gasteiger partial charge on any atom is 0.245 e. The second-order valence-electron chi connectivity index (χ2n) is 3.91. The van der Waals surface area contributed by atoms with Gasteiger partial charge < -0.3 is 15.4 Å². The third kappa shape index (κ3) is 5.85. The Morgan fingerprint density at radius 2 is 2.00 bits per heavy atom. The molecule has 0 spiro atoms. The van der Waals surface area contributed by atoms with Gasteiger partial charge in [-0.05, 0) is 5.56 Å². The summed E-state index contributed by atoms with van der Waals surface area (Å²) in [6.07, 6.45) is 0. The van der Waals surface area contributed by atoms with Crippen LogP contribution >= 0.6 is 15.9 Å². The molecule has 5 nitrogen and oxygen atoms in total. The van der Waals surface area contributed by atoms with E-state index in [0.717, 1.165) is 5.56 Å². The fraction of sp³-hybridized carbons (Fsp3) is 0.385. The molecule has 2 amide bonds. The van der Waals surface area contributed by atoms with Gasteiger partial charge in [0.15, 0.2) is 0 Å². The van der Waals surface area contributed by atoms with Gasteiger partial charge in [-0.15, -0.1) is 0 Å². The van der Waals surface area contributed by atoms with Gasteiger partial charge in [0.1, 0.15) is 6.04 Å². The topological polar surface area (TPSA) is 67.4 Å². The molecule has 0 saturated carbocycles. The number of ether oxygens (including phenoxy) is 1. The van der Waals surface area contributed by atoms with E-state index in [1.165, 1.54) is 7.11 Å². The van der Waals surface area contributed by atoms with Crippen LogP contribution in [-0.4, -0.2) is 36.9 Å². The summed E-state index contributed by atoms with van der Waals surface area (Å²) in [6.45, 7) is 0.559. The molecule has 1 aromatic carbocycles. The van der Waals surface area contributed by atoms with E-state index in [1.807, 2.05) is 30.3 Å². The van der Waals surface area contributed by atoms with Crippen LogP contribution in [0.25, 0.3) is 0 Å². The molecule has 1 aromatic rings. The first-order valence-electron chi connectivity index (χ1n) is 5.83. The third-order valence-corrected chi connectivity index (χ3v) is 2.93. The average molecular weight is 329 g/mol. The first-order valence-corrected chi connectivity index (χ1v) is 6.95. The molecule has 0 fully saturated rings. The first-order chi connectivity index (χ1) is 9.17. The molecule has 1 atom stereocenters. The molecule has 0 unspecified atom stereocenters. The standard InChI is InChI=1S/C13H17BrN2O3/c1-19-9-11(16-12(17)7-14)13(18)15-8-10-5-3-2-4-6-10/h2-6,11H,7-9H2,1H3,(H,15,18)(H,16,17)/t11-/m1/s1. The molecule has 0 aliphatic rings. The lowest BCUT2D eigenvalue weighted by atomic mass is 10.2. The van der Waals surface area contributed by atoms with E-state index in [9.17, 15) is 9.59 Å². The zero-order chi connectivity index (χ0) is 14.1. The summed E-state index contributed by atoms with van der Waals surface area (Å²) in [6, 6.07) is 8.88. The number of hydrogen-bond donors (Lipinski definition) is 2. The zero-order valence-electron chi connectivity index (χ0n) is 10.7. The second-order valence-corrected chi connectivity index (χ2v) is 4.47. The number of rotatable bonds is 7. The predicted octanol–water partition coefficient (Wildman–Crippen LogP) is 0.829. The van der Waals surface area contributed by atoms with Crippen LogP contribution in [0.3, 0.4) is 0 Å². The Morgan fingerprint density at radius 1 is 1.32 bits per heavy atom. The van der Waals surface area contributed by atoms with Gasteiger partial charge >= 0.3 is 0 Å². The van der Waals surface area contributed by atoms with Gasteiger partial charge in [-0.2, -0.15) is 0 Å². The number of carbonyl (C=O) groups is 2. The molecular formula is C13H17BrN2O3. The molecule has 19 heavy (non-hydrogen) atoms. The first kappa shape index (κ1) is 15.7. The van der Waals surface area contributed by atoms with Crippen molar-refractivity contribution in [3.63, 3.8) is 0 Å². The van der Waals surface area contributed by atoms with Crippen LogP contribution in [0.5, 0.6) is 0 Å². The van der Waals surface area contributed by atoms with E-state index in [0.29, 0.717) is 6.54 Å². The van der Waals surface area contributed by atoms with Gasteiger partial charge in [0.05, 0.1) is 11.9 Å². The number of alkyl halides is 1. The van der Waals surface area contributed by atoms with Crippen LogP contribution in [0.2, 0.25) is 0 Å². The van der Waals surface area contributed by atoms with Crippen molar-refractivity contribution in [2.75, 3.05) is 19.0 Å². The Hall–Kier alpha value is -1.40. The van der Waals surface area contributed by atoms with Crippen LogP contribution < -0.4 is 10.6 Å². The quantitative estimate of drug-likeness (QED) is 0.728. The van der Waals surface area contributed by atoms with Gasteiger partial charge in [0.2, 0.25) is 11.8 Å². The number of halogens is 1. The summed E-state index contributed by atoms with van der Waals surface area (Å²) in [7, 11) is 1.48. The molecule has 0 saturated heterocycles. The maximum atomic E-state index is 11.9. The third-order valence-electron chi connectivity index (χ3n) is 2.42. The van der Waals surface area contributed by atoms with Crippen molar-refractivity contribution in [3.05, 3.63) is 35.9 Å². The molecular weight excluding hydrogens is 312 g/mol. The lowest BCUT2D eigenvalue weighted by molar-refractivity contribution is -0.129. The van der Waals surface area contributed by atoms with E-state index in [4.69, 9.17) is 4.74 Å². The Morgan fingerprint density at radius 3 is 2.58 bits per heavy atom. The van der Waals surface area contributed by atoms with Crippen molar-refractivity contribution in [2.24, 2.45) is 0 Å². The molecule has 6 heteroatoms. The Labute approximate surface area is 120 Å². The molecule has 0 aromatic heterocycles. The fourth-order valence-electron chi connectivity index (χ4n) is 1.49. The van der Waals surface area contributed by atoms with E-state index >= 15 is 0 Å². The number of nitrogens with one attached hydrogen (secondary N) is 2. The Balaban J connectivity index is 2.50. The van der Waals surface area contributed by atoms with Gasteiger partial charge in [-0.3, -0.25) is 9.59 Å². The smallest absolute Gasteiger partial charge is 0.245 e. The SMILES string of the molecule is COC[C@@H](NC(=O)CBr)C(=O)NCc1ccccc1. The van der Waals surface area contributed by atoms with Gasteiger partial charge in [-0.25, -0.2) is 0 Å². The Kier molecular flexibility index (Phi) is 7.14. The molecule has 2 N–H and O–H groups in total. The largest absolute Gasteiger partial charge is 0.382 e. The average Bonchev–Trinajstić information content (AvgIpc) is 2.45. The van der Waals surface area contributed by atoms with Gasteiger partial charge in [-0.1, -0.05) is 46.3 Å². The minimum atomic E-state index is -0.682. The molecule has 104 valence electrons. The predicted molar refractivity (Wildman–Crippen MR) is 75.9 cm³/mol. The number of amides is 2. The van der Waals surface area contributed by atoms with Crippen molar-refractivity contribution < 1.29 is 14.3 Å². The van der Waals surface area contributed by atoms with E-state index in [1.54, 1.807) is 0 Å². The van der Waals surface area contributed by atoms with Crippen molar-refractivity contribution in [1.29, 1.82) is 0 Å². The summed E-state index contributed by atoms with van der Waals surface area (Å²) < 4.78 is 4.93. The van der Waals surface area contributed by atoms with Crippen LogP contribution in [-0.2, 0) is 20.9 Å². The lowest BCUT2D eigenvalue weighted by Gasteiger charge is -2.17. The van der Waals surface area contributed by atoms with E-state index in [2.05, 4.69) is 26.6 Å². The van der Waals surface area contributed by atoms with Gasteiger partial charge in [0, 0.05) is 13.7 Å². The summed E-state index contributed by atoms with van der Waals surface area (Å²) >= 11 is 3.03. The summed E-state index contributed by atoms with van der Waals surface area (Å²) in [5.74, 6) is -0.517. The second kappa shape index (κ2) is 8.66. The van der Waals surface area contributed by atoms with Crippen molar-refractivity contribution in [2.45, 2.75) is 12.6 Å². The van der Waals surface area contributed by atoms with Crippen molar-refractivity contribution >= 4 is 27.7 Å². The maximum absolute atomic E-state index is 11.9. The molecule has 1 rings (SSSR count). The fourth-order valence-corrected chi connectivity index (χ4v) is 1.65. The highest BCUT2D eigenvalue weighted by Gasteiger charge is 2.19. The number of hydrogen-bond acceptors (Lipinski definition) is 3. The van der Waals surface area contributed by atoms with E-state index < -0.39 is 6.04 Å². The number of carbonyl (C=O) groups excluding carboxylic acids is 2. The van der Waals surface area contributed by atoms with Crippen LogP contribution in [0.15, 0.2) is 30.3 Å². The van der Waals surface area contributed by atoms with Crippen LogP contribution in [0.1, 0.15) is 5.56 Å². The highest BCUT2D eigenvalue weighted by Crippen LogP contribution is 1.98. The summed E-state index contributed by atoms with van der Waals surface area (Å²) in [5, 5.41) is 5.50. The monoisotopic (exact) mass is 328 g/mol. The highest BCUT2D eigenvalue weighted by atomic mass is 79.9. The van der Waals surface area contributed by atoms with Crippen molar-refractivity contribution in [3.8, 4) is 0 Å². The molecule has 0 aliphatic carbocycles. The highest BCUT2D eigenvalue weighted by molar-refractivity contribution is 9.09. The summed E-state index contributed by atoms with van der Waals surface area (Å²) in [4.78, 5) is 23.2. The summed E-state index contributed by atoms with van der Waals surface area (Å²) in [5.41, 5.74) is 0.999.